The first-order valence-corrected chi connectivity index (χ1v) is 7.41. The highest BCUT2D eigenvalue weighted by Crippen LogP contribution is 2.59. The largest absolute Gasteiger partial charge is 0.496 e. The van der Waals surface area contributed by atoms with Crippen LogP contribution in [-0.2, 0) is 4.74 Å². The topological polar surface area (TPSA) is 46.2 Å². The summed E-state index contributed by atoms with van der Waals surface area (Å²) in [7, 11) is 6.61. The van der Waals surface area contributed by atoms with Crippen molar-refractivity contribution in [3.05, 3.63) is 35.4 Å². The number of hydrogen-bond acceptors (Lipinski definition) is 5. The first kappa shape index (κ1) is 14.2. The van der Waals surface area contributed by atoms with Gasteiger partial charge in [0.15, 0.2) is 0 Å². The Morgan fingerprint density at radius 2 is 1.13 bits per heavy atom. The average Bonchev–Trinajstić information content (AvgIpc) is 3.20. The van der Waals surface area contributed by atoms with Crippen molar-refractivity contribution < 1.29 is 23.7 Å². The minimum Gasteiger partial charge on any atom is -0.496 e. The maximum atomic E-state index is 5.99. The molecule has 2 heterocycles. The standard InChI is InChI=1S/C18H18O5/c1-19-9-5-6-10(20-2)14-13(9)17(21-3)15-11-7-8-12(23-11)16(15)18(14)22-4/h5-8,11-12H,1-4H3. The average molecular weight is 314 g/mol. The molecule has 0 radical (unpaired) electrons. The number of benzene rings is 2. The van der Waals surface area contributed by atoms with Crippen LogP contribution in [-0.4, -0.2) is 28.4 Å². The van der Waals surface area contributed by atoms with Gasteiger partial charge >= 0.3 is 0 Å². The van der Waals surface area contributed by atoms with Crippen LogP contribution in [0.1, 0.15) is 23.3 Å². The van der Waals surface area contributed by atoms with Gasteiger partial charge in [-0.25, -0.2) is 0 Å². The van der Waals surface area contributed by atoms with Crippen molar-refractivity contribution >= 4 is 10.8 Å². The third-order valence-electron chi connectivity index (χ3n) is 4.53. The molecule has 0 spiro atoms. The van der Waals surface area contributed by atoms with Gasteiger partial charge in [0.05, 0.1) is 39.2 Å². The number of rotatable bonds is 4. The van der Waals surface area contributed by atoms with Crippen LogP contribution >= 0.6 is 0 Å². The van der Waals surface area contributed by atoms with E-state index in [1.807, 2.05) is 24.3 Å². The van der Waals surface area contributed by atoms with Crippen molar-refractivity contribution in [1.82, 2.24) is 0 Å². The van der Waals surface area contributed by atoms with E-state index in [1.54, 1.807) is 28.4 Å². The SMILES string of the molecule is COc1ccc(OC)c2c(OC)c3c(c(OC)c12)C1C=CC3O1. The van der Waals surface area contributed by atoms with Crippen molar-refractivity contribution in [3.63, 3.8) is 0 Å². The van der Waals surface area contributed by atoms with E-state index in [0.717, 1.165) is 33.4 Å². The van der Waals surface area contributed by atoms with Crippen LogP contribution in [0.5, 0.6) is 23.0 Å². The van der Waals surface area contributed by atoms with E-state index in [1.165, 1.54) is 0 Å². The smallest absolute Gasteiger partial charge is 0.137 e. The van der Waals surface area contributed by atoms with E-state index in [-0.39, 0.29) is 12.2 Å². The second-order valence-electron chi connectivity index (χ2n) is 5.48. The van der Waals surface area contributed by atoms with Gasteiger partial charge in [0.2, 0.25) is 0 Å². The van der Waals surface area contributed by atoms with Crippen molar-refractivity contribution in [2.24, 2.45) is 0 Å². The van der Waals surface area contributed by atoms with Gasteiger partial charge in [0.25, 0.3) is 0 Å². The molecule has 2 aliphatic heterocycles. The van der Waals surface area contributed by atoms with Crippen LogP contribution in [0.2, 0.25) is 0 Å². The maximum absolute atomic E-state index is 5.99. The number of methoxy groups -OCH3 is 4. The Morgan fingerprint density at radius 3 is 1.48 bits per heavy atom. The normalized spacial score (nSPS) is 20.7. The Kier molecular flexibility index (Phi) is 3.13. The molecule has 0 saturated heterocycles. The summed E-state index contributed by atoms with van der Waals surface area (Å²) >= 11 is 0. The molecular weight excluding hydrogens is 296 g/mol. The lowest BCUT2D eigenvalue weighted by Crippen LogP contribution is -2.04. The van der Waals surface area contributed by atoms with E-state index in [0.29, 0.717) is 11.5 Å². The molecule has 0 aliphatic carbocycles. The Morgan fingerprint density at radius 1 is 0.696 bits per heavy atom. The molecule has 5 nitrogen and oxygen atoms in total. The van der Waals surface area contributed by atoms with Crippen LogP contribution in [0.15, 0.2) is 24.3 Å². The first-order valence-electron chi connectivity index (χ1n) is 7.41. The lowest BCUT2D eigenvalue weighted by molar-refractivity contribution is 0.0862. The lowest BCUT2D eigenvalue weighted by atomic mass is 9.90. The number of ether oxygens (including phenoxy) is 5. The predicted molar refractivity (Wildman–Crippen MR) is 85.9 cm³/mol. The van der Waals surface area contributed by atoms with Gasteiger partial charge in [0.1, 0.15) is 35.2 Å². The van der Waals surface area contributed by atoms with E-state index in [4.69, 9.17) is 23.7 Å². The minimum absolute atomic E-state index is 0.112. The van der Waals surface area contributed by atoms with Gasteiger partial charge < -0.3 is 23.7 Å². The molecule has 120 valence electrons. The summed E-state index contributed by atoms with van der Waals surface area (Å²) in [5, 5.41) is 1.68. The van der Waals surface area contributed by atoms with Gasteiger partial charge in [-0.15, -0.1) is 0 Å². The predicted octanol–water partition coefficient (Wildman–Crippen LogP) is 3.56. The van der Waals surface area contributed by atoms with Gasteiger partial charge in [-0.05, 0) is 12.1 Å². The van der Waals surface area contributed by atoms with Crippen molar-refractivity contribution in [3.8, 4) is 23.0 Å². The van der Waals surface area contributed by atoms with E-state index in [2.05, 4.69) is 0 Å². The quantitative estimate of drug-likeness (QED) is 0.808. The molecule has 2 bridgehead atoms. The zero-order valence-electron chi connectivity index (χ0n) is 13.5. The molecule has 2 aromatic carbocycles. The van der Waals surface area contributed by atoms with Gasteiger partial charge in [-0.2, -0.15) is 0 Å². The third-order valence-corrected chi connectivity index (χ3v) is 4.53. The zero-order valence-corrected chi connectivity index (χ0v) is 13.5. The molecule has 0 saturated carbocycles. The monoisotopic (exact) mass is 314 g/mol. The molecule has 0 fully saturated rings. The van der Waals surface area contributed by atoms with Crippen molar-refractivity contribution in [2.75, 3.05) is 28.4 Å². The Hall–Kier alpha value is -2.40. The molecule has 2 aromatic rings. The Bertz CT molecular complexity index is 758. The Labute approximate surface area is 134 Å². The fourth-order valence-electron chi connectivity index (χ4n) is 3.64. The fourth-order valence-corrected chi connectivity index (χ4v) is 3.64. The molecule has 2 aliphatic rings. The minimum atomic E-state index is -0.112. The summed E-state index contributed by atoms with van der Waals surface area (Å²) in [4.78, 5) is 0. The van der Waals surface area contributed by atoms with Crippen molar-refractivity contribution in [1.29, 1.82) is 0 Å². The first-order chi connectivity index (χ1) is 11.2. The number of fused-ring (bicyclic) bond motifs is 6. The highest BCUT2D eigenvalue weighted by atomic mass is 16.5. The summed E-state index contributed by atoms with van der Waals surface area (Å²) in [6.45, 7) is 0. The van der Waals surface area contributed by atoms with E-state index in [9.17, 15) is 0 Å². The summed E-state index contributed by atoms with van der Waals surface area (Å²) in [5.41, 5.74) is 2.02. The lowest BCUT2D eigenvalue weighted by Gasteiger charge is -2.22. The van der Waals surface area contributed by atoms with Crippen LogP contribution in [0.4, 0.5) is 0 Å². The van der Waals surface area contributed by atoms with Crippen LogP contribution in [0.25, 0.3) is 10.8 Å². The molecule has 0 aromatic heterocycles. The van der Waals surface area contributed by atoms with Crippen LogP contribution in [0.3, 0.4) is 0 Å². The summed E-state index contributed by atoms with van der Waals surface area (Å²) in [5.74, 6) is 2.93. The molecule has 5 heteroatoms. The fraction of sp³-hybridized carbons (Fsp3) is 0.333. The van der Waals surface area contributed by atoms with E-state index >= 15 is 0 Å². The maximum Gasteiger partial charge on any atom is 0.137 e. The number of hydrogen-bond donors (Lipinski definition) is 0. The zero-order chi connectivity index (χ0) is 16.1. The molecular formula is C18H18O5. The van der Waals surface area contributed by atoms with Gasteiger partial charge in [-0.3, -0.25) is 0 Å². The van der Waals surface area contributed by atoms with Gasteiger partial charge in [-0.1, -0.05) is 12.2 Å². The summed E-state index contributed by atoms with van der Waals surface area (Å²) in [6.07, 6.45) is 3.87. The molecule has 4 rings (SSSR count). The molecule has 2 atom stereocenters. The highest BCUT2D eigenvalue weighted by Gasteiger charge is 2.41. The van der Waals surface area contributed by atoms with Gasteiger partial charge in [0, 0.05) is 11.1 Å². The second kappa shape index (κ2) is 5.06. The molecule has 2 unspecified atom stereocenters. The Balaban J connectivity index is 2.22. The second-order valence-corrected chi connectivity index (χ2v) is 5.48. The van der Waals surface area contributed by atoms with Crippen LogP contribution < -0.4 is 18.9 Å². The van der Waals surface area contributed by atoms with Crippen LogP contribution in [0, 0.1) is 0 Å². The molecule has 23 heavy (non-hydrogen) atoms. The third kappa shape index (κ3) is 1.71. The van der Waals surface area contributed by atoms with Crippen molar-refractivity contribution in [2.45, 2.75) is 12.2 Å². The highest BCUT2D eigenvalue weighted by molar-refractivity contribution is 6.04. The molecule has 0 N–H and O–H groups in total. The summed E-state index contributed by atoms with van der Waals surface area (Å²) in [6, 6.07) is 3.75. The summed E-state index contributed by atoms with van der Waals surface area (Å²) < 4.78 is 28.6. The van der Waals surface area contributed by atoms with E-state index < -0.39 is 0 Å². The molecule has 0 amide bonds.